The van der Waals surface area contributed by atoms with E-state index in [-0.39, 0.29) is 5.56 Å². The van der Waals surface area contributed by atoms with E-state index in [9.17, 15) is 4.79 Å². The van der Waals surface area contributed by atoms with E-state index in [0.717, 1.165) is 0 Å². The first kappa shape index (κ1) is 5.43. The zero-order valence-corrected chi connectivity index (χ0v) is 5.45. The van der Waals surface area contributed by atoms with Gasteiger partial charge in [0.05, 0.1) is 0 Å². The third-order valence-electron chi connectivity index (χ3n) is 0.747. The van der Waals surface area contributed by atoms with Gasteiger partial charge in [-0.25, -0.2) is 0 Å². The second kappa shape index (κ2) is 1.66. The lowest BCUT2D eigenvalue weighted by Crippen LogP contribution is -1.97. The van der Waals surface area contributed by atoms with Gasteiger partial charge >= 0.3 is 0 Å². The first-order valence-corrected chi connectivity index (χ1v) is 2.72. The Morgan fingerprint density at radius 1 is 1.50 bits per heavy atom. The van der Waals surface area contributed by atoms with Crippen molar-refractivity contribution in [2.45, 2.75) is 0 Å². The molecule has 44 valence electrons. The summed E-state index contributed by atoms with van der Waals surface area (Å²) in [6, 6.07) is 0. The summed E-state index contributed by atoms with van der Waals surface area (Å²) in [5.74, 6) is 0.329. The first-order valence-electron chi connectivity index (χ1n) is 1.93. The summed E-state index contributed by atoms with van der Waals surface area (Å²) in [4.78, 5) is 10.4. The predicted octanol–water partition coefficient (Wildman–Crippen LogP) is 0.0477. The molecule has 0 amide bonds. The number of hydrogen-bond acceptors (Lipinski definition) is 2. The van der Waals surface area contributed by atoms with Gasteiger partial charge in [-0.2, -0.15) is 0 Å². The zero-order valence-electron chi connectivity index (χ0n) is 3.86. The normalized spacial score (nSPS) is 9.62. The van der Waals surface area contributed by atoms with Gasteiger partial charge in [0.2, 0.25) is 0 Å². The van der Waals surface area contributed by atoms with Crippen molar-refractivity contribution in [1.82, 2.24) is 10.2 Å². The highest BCUT2D eigenvalue weighted by Crippen LogP contribution is 2.07. The van der Waals surface area contributed by atoms with Crippen LogP contribution >= 0.6 is 15.9 Å². The van der Waals surface area contributed by atoms with Crippen LogP contribution in [0, 0.1) is 0 Å². The van der Waals surface area contributed by atoms with Gasteiger partial charge in [0.1, 0.15) is 10.3 Å². The topological polar surface area (TPSA) is 74.7 Å². The molecule has 5 heteroatoms. The summed E-state index contributed by atoms with van der Waals surface area (Å²) >= 11 is 2.95. The maximum atomic E-state index is 10.4. The Kier molecular flexibility index (Phi) is 1.13. The van der Waals surface area contributed by atoms with E-state index in [4.69, 9.17) is 5.73 Å². The van der Waals surface area contributed by atoms with Crippen molar-refractivity contribution in [3.63, 3.8) is 0 Å². The van der Waals surface area contributed by atoms with Gasteiger partial charge < -0.3 is 5.73 Å². The van der Waals surface area contributed by atoms with Crippen molar-refractivity contribution >= 4 is 21.7 Å². The van der Waals surface area contributed by atoms with Crippen LogP contribution in [0.15, 0.2) is 9.27 Å². The minimum absolute atomic E-state index is 0.234. The molecule has 1 rings (SSSR count). The molecule has 0 aromatic carbocycles. The summed E-state index contributed by atoms with van der Waals surface area (Å²) < 4.78 is 0.359. The molecule has 0 unspecified atom stereocenters. The summed E-state index contributed by atoms with van der Waals surface area (Å²) in [5.41, 5.74) is 4.97. The molecule has 1 aromatic rings. The highest BCUT2D eigenvalue weighted by Gasteiger charge is 1.98. The summed E-state index contributed by atoms with van der Waals surface area (Å²) in [6.07, 6.45) is 0. The Labute approximate surface area is 53.2 Å². The summed E-state index contributed by atoms with van der Waals surface area (Å²) in [5, 5.41) is 4.71. The summed E-state index contributed by atoms with van der Waals surface area (Å²) in [6.45, 7) is 0. The van der Waals surface area contributed by atoms with Crippen LogP contribution in [0.2, 0.25) is 0 Å². The SMILES string of the molecule is Nc1[nH][nH]c(=O)c1Br. The van der Waals surface area contributed by atoms with Gasteiger partial charge in [-0.15, -0.1) is 0 Å². The number of aromatic nitrogens is 2. The fourth-order valence-corrected chi connectivity index (χ4v) is 0.554. The number of halogens is 1. The van der Waals surface area contributed by atoms with Crippen LogP contribution in [0.25, 0.3) is 0 Å². The molecule has 1 aromatic heterocycles. The lowest BCUT2D eigenvalue weighted by atomic mass is 10.7. The molecule has 0 saturated heterocycles. The Bertz CT molecular complexity index is 237. The Morgan fingerprint density at radius 2 is 2.12 bits per heavy atom. The quantitative estimate of drug-likeness (QED) is 0.524. The van der Waals surface area contributed by atoms with Crippen LogP contribution in [-0.4, -0.2) is 10.2 Å². The number of H-pyrrole nitrogens is 2. The molecule has 0 bridgehead atoms. The molecule has 1 heterocycles. The molecule has 8 heavy (non-hydrogen) atoms. The second-order valence-corrected chi connectivity index (χ2v) is 2.10. The molecule has 0 radical (unpaired) electrons. The van der Waals surface area contributed by atoms with Crippen molar-refractivity contribution in [2.75, 3.05) is 5.73 Å². The van der Waals surface area contributed by atoms with E-state index in [1.165, 1.54) is 0 Å². The molecule has 4 nitrogen and oxygen atoms in total. The number of nitrogen functional groups attached to an aromatic ring is 1. The van der Waals surface area contributed by atoms with Crippen LogP contribution < -0.4 is 11.3 Å². The number of hydrogen-bond donors (Lipinski definition) is 3. The van der Waals surface area contributed by atoms with Gasteiger partial charge in [-0.1, -0.05) is 0 Å². The molecule has 0 atom stereocenters. The lowest BCUT2D eigenvalue weighted by Gasteiger charge is -1.77. The fraction of sp³-hybridized carbons (Fsp3) is 0. The number of anilines is 1. The van der Waals surface area contributed by atoms with Crippen molar-refractivity contribution < 1.29 is 0 Å². The molecule has 0 spiro atoms. The van der Waals surface area contributed by atoms with E-state index < -0.39 is 0 Å². The van der Waals surface area contributed by atoms with Crippen molar-refractivity contribution in [1.29, 1.82) is 0 Å². The van der Waals surface area contributed by atoms with Crippen LogP contribution in [0.4, 0.5) is 5.82 Å². The van der Waals surface area contributed by atoms with Crippen molar-refractivity contribution in [3.05, 3.63) is 14.8 Å². The Hall–Kier alpha value is -0.710. The maximum absolute atomic E-state index is 10.4. The van der Waals surface area contributed by atoms with Gasteiger partial charge in [-0.05, 0) is 15.9 Å². The molecule has 0 saturated carbocycles. The van der Waals surface area contributed by atoms with Gasteiger partial charge in [0, 0.05) is 0 Å². The Morgan fingerprint density at radius 3 is 2.25 bits per heavy atom. The van der Waals surface area contributed by atoms with Crippen LogP contribution in [0.5, 0.6) is 0 Å². The van der Waals surface area contributed by atoms with Crippen molar-refractivity contribution in [2.24, 2.45) is 0 Å². The number of nitrogens with one attached hydrogen (secondary N) is 2. The average Bonchev–Trinajstić information content (AvgIpc) is 1.98. The van der Waals surface area contributed by atoms with Gasteiger partial charge in [0.15, 0.2) is 0 Å². The number of aromatic amines is 2. The van der Waals surface area contributed by atoms with E-state index >= 15 is 0 Å². The van der Waals surface area contributed by atoms with Crippen LogP contribution in [-0.2, 0) is 0 Å². The van der Waals surface area contributed by atoms with E-state index in [0.29, 0.717) is 10.3 Å². The third kappa shape index (κ3) is 0.645. The molecular weight excluding hydrogens is 174 g/mol. The van der Waals surface area contributed by atoms with Crippen molar-refractivity contribution in [3.8, 4) is 0 Å². The standard InChI is InChI=1S/C3H4BrN3O/c4-1-2(5)6-7-3(1)8/h(H4,5,6,7,8). The summed E-state index contributed by atoms with van der Waals surface area (Å²) in [7, 11) is 0. The van der Waals surface area contributed by atoms with E-state index in [1.807, 2.05) is 0 Å². The largest absolute Gasteiger partial charge is 0.383 e. The molecule has 0 aliphatic heterocycles. The lowest BCUT2D eigenvalue weighted by molar-refractivity contribution is 1.06. The minimum atomic E-state index is -0.234. The highest BCUT2D eigenvalue weighted by molar-refractivity contribution is 9.10. The fourth-order valence-electron chi connectivity index (χ4n) is 0.356. The monoisotopic (exact) mass is 177 g/mol. The molecule has 0 fully saturated rings. The predicted molar refractivity (Wildman–Crippen MR) is 33.5 cm³/mol. The average molecular weight is 178 g/mol. The molecular formula is C3H4BrN3O. The maximum Gasteiger partial charge on any atom is 0.280 e. The highest BCUT2D eigenvalue weighted by atomic mass is 79.9. The number of rotatable bonds is 0. The zero-order chi connectivity index (χ0) is 6.15. The smallest absolute Gasteiger partial charge is 0.280 e. The first-order chi connectivity index (χ1) is 3.72. The minimum Gasteiger partial charge on any atom is -0.383 e. The second-order valence-electron chi connectivity index (χ2n) is 1.31. The molecule has 0 aliphatic rings. The van der Waals surface area contributed by atoms with Gasteiger partial charge in [-0.3, -0.25) is 15.0 Å². The third-order valence-corrected chi connectivity index (χ3v) is 1.53. The van der Waals surface area contributed by atoms with Crippen LogP contribution in [0.3, 0.4) is 0 Å². The van der Waals surface area contributed by atoms with E-state index in [1.54, 1.807) is 0 Å². The van der Waals surface area contributed by atoms with Gasteiger partial charge in [0.25, 0.3) is 5.56 Å². The Balaban J connectivity index is 3.41. The number of nitrogens with two attached hydrogens (primary N) is 1. The van der Waals surface area contributed by atoms with E-state index in [2.05, 4.69) is 26.1 Å². The molecule has 4 N–H and O–H groups in total. The molecule has 0 aliphatic carbocycles. The van der Waals surface area contributed by atoms with Crippen LogP contribution in [0.1, 0.15) is 0 Å².